The number of carbonyl (C=O) groups excluding carboxylic acids is 2. The van der Waals surface area contributed by atoms with Gasteiger partial charge in [0.2, 0.25) is 5.91 Å². The molecule has 2 amide bonds. The number of anilines is 1. The number of ether oxygens (including phenoxy) is 3. The highest BCUT2D eigenvalue weighted by molar-refractivity contribution is 6.32. The lowest BCUT2D eigenvalue weighted by molar-refractivity contribution is -0.116. The van der Waals surface area contributed by atoms with Gasteiger partial charge in [-0.2, -0.15) is 0 Å². The normalized spacial score (nSPS) is 14.6. The van der Waals surface area contributed by atoms with Crippen LogP contribution in [0.4, 0.5) is 10.5 Å². The third-order valence-corrected chi connectivity index (χ3v) is 4.60. The summed E-state index contributed by atoms with van der Waals surface area (Å²) in [5.41, 5.74) is 0.510. The van der Waals surface area contributed by atoms with Crippen molar-refractivity contribution in [1.82, 2.24) is 9.80 Å². The molecule has 0 atom stereocenters. The highest BCUT2D eigenvalue weighted by Gasteiger charge is 2.22. The summed E-state index contributed by atoms with van der Waals surface area (Å²) in [5.74, 6) is 0.797. The number of nitrogens with zero attached hydrogens (tertiary/aromatic N) is 2. The maximum absolute atomic E-state index is 12.3. The van der Waals surface area contributed by atoms with Crippen LogP contribution in [-0.2, 0) is 9.53 Å². The first-order valence-corrected chi connectivity index (χ1v) is 9.21. The molecule has 1 fully saturated rings. The zero-order valence-electron chi connectivity index (χ0n) is 15.9. The summed E-state index contributed by atoms with van der Waals surface area (Å²) < 4.78 is 15.4. The van der Waals surface area contributed by atoms with Gasteiger partial charge in [0.1, 0.15) is 11.5 Å². The fourth-order valence-corrected chi connectivity index (χ4v) is 3.03. The summed E-state index contributed by atoms with van der Waals surface area (Å²) in [5, 5.41) is 3.24. The van der Waals surface area contributed by atoms with E-state index in [0.717, 1.165) is 0 Å². The second-order valence-corrected chi connectivity index (χ2v) is 6.42. The molecule has 0 bridgehead atoms. The third-order valence-electron chi connectivity index (χ3n) is 4.30. The summed E-state index contributed by atoms with van der Waals surface area (Å²) >= 11 is 6.07. The molecule has 1 saturated heterocycles. The van der Waals surface area contributed by atoms with Crippen LogP contribution in [0.5, 0.6) is 11.5 Å². The van der Waals surface area contributed by atoms with E-state index >= 15 is 0 Å². The third kappa shape index (κ3) is 5.90. The molecular weight excluding hydrogens is 374 g/mol. The minimum atomic E-state index is -0.279. The van der Waals surface area contributed by atoms with Crippen LogP contribution in [0.25, 0.3) is 0 Å². The zero-order valence-corrected chi connectivity index (χ0v) is 16.7. The molecule has 0 aliphatic carbocycles. The molecule has 1 aliphatic heterocycles. The average Bonchev–Trinajstić information content (AvgIpc) is 2.68. The smallest absolute Gasteiger partial charge is 0.409 e. The van der Waals surface area contributed by atoms with E-state index in [1.807, 2.05) is 0 Å². The molecule has 9 heteroatoms. The topological polar surface area (TPSA) is 80.3 Å². The molecule has 0 saturated carbocycles. The number of piperazine rings is 1. The summed E-state index contributed by atoms with van der Waals surface area (Å²) in [4.78, 5) is 27.8. The van der Waals surface area contributed by atoms with Gasteiger partial charge >= 0.3 is 6.09 Å². The lowest BCUT2D eigenvalue weighted by Gasteiger charge is -2.33. The molecule has 27 heavy (non-hydrogen) atoms. The van der Waals surface area contributed by atoms with Gasteiger partial charge in [-0.25, -0.2) is 4.79 Å². The Labute approximate surface area is 164 Å². The summed E-state index contributed by atoms with van der Waals surface area (Å²) in [6, 6.07) is 3.24. The molecule has 0 aromatic heterocycles. The minimum absolute atomic E-state index is 0.134. The predicted molar refractivity (Wildman–Crippen MR) is 103 cm³/mol. The number of halogens is 1. The average molecular weight is 400 g/mol. The van der Waals surface area contributed by atoms with Crippen molar-refractivity contribution < 1.29 is 23.8 Å². The lowest BCUT2D eigenvalue weighted by Crippen LogP contribution is -2.49. The largest absolute Gasteiger partial charge is 0.495 e. The first-order valence-electron chi connectivity index (χ1n) is 8.83. The summed E-state index contributed by atoms with van der Waals surface area (Å²) in [7, 11) is 3.02. The first-order chi connectivity index (χ1) is 13.0. The molecule has 1 N–H and O–H groups in total. The molecule has 1 aromatic rings. The molecule has 8 nitrogen and oxygen atoms in total. The molecule has 1 aromatic carbocycles. The van der Waals surface area contributed by atoms with Crippen LogP contribution in [0.15, 0.2) is 12.1 Å². The SMILES string of the molecule is CCOC(=O)N1CCN(CCC(=O)Nc2cc(OC)c(Cl)cc2OC)CC1. The highest BCUT2D eigenvalue weighted by atomic mass is 35.5. The van der Waals surface area contributed by atoms with Crippen LogP contribution in [-0.4, -0.2) is 75.4 Å². The van der Waals surface area contributed by atoms with Gasteiger partial charge in [-0.05, 0) is 6.92 Å². The van der Waals surface area contributed by atoms with Crippen LogP contribution in [0, 0.1) is 0 Å². The molecule has 0 unspecified atom stereocenters. The van der Waals surface area contributed by atoms with Gasteiger partial charge < -0.3 is 24.4 Å². The zero-order chi connectivity index (χ0) is 19.8. The molecule has 1 aliphatic rings. The van der Waals surface area contributed by atoms with Crippen LogP contribution >= 0.6 is 11.6 Å². The summed E-state index contributed by atoms with van der Waals surface area (Å²) in [6.45, 7) is 5.39. The van der Waals surface area contributed by atoms with Gasteiger partial charge in [0.25, 0.3) is 0 Å². The van der Waals surface area contributed by atoms with Crippen LogP contribution in [0.3, 0.4) is 0 Å². The Kier molecular flexibility index (Phi) is 7.99. The monoisotopic (exact) mass is 399 g/mol. The van der Waals surface area contributed by atoms with Gasteiger partial charge in [0.05, 0.1) is 31.5 Å². The lowest BCUT2D eigenvalue weighted by atomic mass is 10.2. The second-order valence-electron chi connectivity index (χ2n) is 6.01. The van der Waals surface area contributed by atoms with Gasteiger partial charge in [-0.3, -0.25) is 9.69 Å². The van der Waals surface area contributed by atoms with Crippen molar-refractivity contribution >= 4 is 29.3 Å². The molecule has 0 radical (unpaired) electrons. The van der Waals surface area contributed by atoms with Crippen molar-refractivity contribution in [2.75, 3.05) is 58.9 Å². The molecule has 150 valence electrons. The van der Waals surface area contributed by atoms with Gasteiger partial charge in [-0.15, -0.1) is 0 Å². The van der Waals surface area contributed by atoms with Crippen molar-refractivity contribution in [3.63, 3.8) is 0 Å². The number of amides is 2. The number of methoxy groups -OCH3 is 2. The van der Waals surface area contributed by atoms with Crippen LogP contribution < -0.4 is 14.8 Å². The van der Waals surface area contributed by atoms with E-state index in [4.69, 9.17) is 25.8 Å². The standard InChI is InChI=1S/C18H26ClN3O5/c1-4-27-18(24)22-9-7-21(8-10-22)6-5-17(23)20-14-12-15(25-2)13(19)11-16(14)26-3/h11-12H,4-10H2,1-3H3,(H,20,23). The van der Waals surface area contributed by atoms with E-state index in [1.54, 1.807) is 24.0 Å². The number of rotatable bonds is 7. The number of hydrogen-bond acceptors (Lipinski definition) is 6. The summed E-state index contributed by atoms with van der Waals surface area (Å²) in [6.07, 6.45) is 0.0479. The Morgan fingerprint density at radius 2 is 1.78 bits per heavy atom. The van der Waals surface area contributed by atoms with E-state index < -0.39 is 0 Å². The fraction of sp³-hybridized carbons (Fsp3) is 0.556. The van der Waals surface area contributed by atoms with Crippen molar-refractivity contribution in [3.8, 4) is 11.5 Å². The molecule has 0 spiro atoms. The van der Waals surface area contributed by atoms with E-state index in [0.29, 0.717) is 68.0 Å². The predicted octanol–water partition coefficient (Wildman–Crippen LogP) is 2.46. The Balaban J connectivity index is 1.83. The maximum Gasteiger partial charge on any atom is 0.409 e. The van der Waals surface area contributed by atoms with E-state index in [2.05, 4.69) is 10.2 Å². The Bertz CT molecular complexity index is 663. The molecule has 1 heterocycles. The second kappa shape index (κ2) is 10.2. The maximum atomic E-state index is 12.3. The van der Waals surface area contributed by atoms with Crippen LogP contribution in [0.2, 0.25) is 5.02 Å². The van der Waals surface area contributed by atoms with Crippen molar-refractivity contribution in [1.29, 1.82) is 0 Å². The molecule has 2 rings (SSSR count). The van der Waals surface area contributed by atoms with Crippen molar-refractivity contribution in [2.24, 2.45) is 0 Å². The highest BCUT2D eigenvalue weighted by Crippen LogP contribution is 2.35. The number of nitrogens with one attached hydrogen (secondary N) is 1. The Morgan fingerprint density at radius 1 is 1.11 bits per heavy atom. The fourth-order valence-electron chi connectivity index (χ4n) is 2.80. The van der Waals surface area contributed by atoms with Gasteiger partial charge in [-0.1, -0.05) is 11.6 Å². The van der Waals surface area contributed by atoms with Gasteiger partial charge in [0.15, 0.2) is 0 Å². The van der Waals surface area contributed by atoms with Crippen molar-refractivity contribution in [2.45, 2.75) is 13.3 Å². The molecular formula is C18H26ClN3O5. The van der Waals surface area contributed by atoms with Crippen molar-refractivity contribution in [3.05, 3.63) is 17.2 Å². The van der Waals surface area contributed by atoms with Crippen LogP contribution in [0.1, 0.15) is 13.3 Å². The number of benzene rings is 1. The minimum Gasteiger partial charge on any atom is -0.495 e. The first kappa shape index (κ1) is 21.1. The number of carbonyl (C=O) groups is 2. The van der Waals surface area contributed by atoms with E-state index in [-0.39, 0.29) is 12.0 Å². The van der Waals surface area contributed by atoms with Gasteiger partial charge in [0, 0.05) is 51.3 Å². The quantitative estimate of drug-likeness (QED) is 0.758. The number of hydrogen-bond donors (Lipinski definition) is 1. The van der Waals surface area contributed by atoms with E-state index in [9.17, 15) is 9.59 Å². The van der Waals surface area contributed by atoms with E-state index in [1.165, 1.54) is 14.2 Å². The Morgan fingerprint density at radius 3 is 2.37 bits per heavy atom. The Hall–Kier alpha value is -2.19.